The van der Waals surface area contributed by atoms with Gasteiger partial charge in [0.2, 0.25) is 0 Å². The average molecular weight is 1260 g/mol. The van der Waals surface area contributed by atoms with Crippen molar-refractivity contribution in [1.82, 2.24) is 0 Å². The summed E-state index contributed by atoms with van der Waals surface area (Å²) in [7, 11) is 5.95. The van der Waals surface area contributed by atoms with E-state index in [0.717, 1.165) is 38.5 Å². The third kappa shape index (κ3) is 73.3. The number of nitrogens with zero attached hydrogens (tertiary/aromatic N) is 1. The number of quaternary nitrogens is 1. The van der Waals surface area contributed by atoms with E-state index in [9.17, 15) is 19.5 Å². The topological polar surface area (TPSA) is 111 Å². The van der Waals surface area contributed by atoms with Crippen LogP contribution in [0.3, 0.4) is 0 Å². The first kappa shape index (κ1) is 87.0. The van der Waals surface area contributed by atoms with Crippen LogP contribution < -0.4 is 5.11 Å². The molecule has 0 bridgehead atoms. The van der Waals surface area contributed by atoms with Gasteiger partial charge in [-0.25, -0.2) is 0 Å². The van der Waals surface area contributed by atoms with E-state index in [1.165, 1.54) is 360 Å². The molecule has 0 saturated heterocycles. The van der Waals surface area contributed by atoms with E-state index >= 15 is 0 Å². The van der Waals surface area contributed by atoms with Crippen molar-refractivity contribution in [3.05, 3.63) is 12.2 Å². The number of esters is 2. The van der Waals surface area contributed by atoms with Gasteiger partial charge in [-0.1, -0.05) is 386 Å². The molecule has 9 nitrogen and oxygen atoms in total. The average Bonchev–Trinajstić information content (AvgIpc) is 3.64. The zero-order valence-electron chi connectivity index (χ0n) is 60.6. The summed E-state index contributed by atoms with van der Waals surface area (Å²) in [6.07, 6.45) is 86.3. The summed E-state index contributed by atoms with van der Waals surface area (Å²) in [5.74, 6) is -2.24. The number of allylic oxidation sites excluding steroid dienone is 2. The molecule has 0 fully saturated rings. The minimum Gasteiger partial charge on any atom is -0.545 e. The minimum absolute atomic E-state index is 0.153. The largest absolute Gasteiger partial charge is 0.545 e. The Morgan fingerprint density at radius 3 is 0.831 bits per heavy atom. The normalized spacial score (nSPS) is 12.6. The lowest BCUT2D eigenvalue weighted by molar-refractivity contribution is -0.870. The van der Waals surface area contributed by atoms with Crippen LogP contribution in [0.1, 0.15) is 425 Å². The van der Waals surface area contributed by atoms with Crippen molar-refractivity contribution in [2.45, 2.75) is 437 Å². The number of likely N-dealkylation sites (N-methyl/N-ethyl adjacent to an activating group) is 1. The van der Waals surface area contributed by atoms with Gasteiger partial charge >= 0.3 is 11.9 Å². The lowest BCUT2D eigenvalue weighted by Gasteiger charge is -2.26. The fourth-order valence-electron chi connectivity index (χ4n) is 12.4. The number of aliphatic carboxylic acids is 1. The number of carboxylic acids is 1. The number of ether oxygens (including phenoxy) is 4. The molecular weight excluding hydrogens is 1100 g/mol. The molecule has 89 heavy (non-hydrogen) atoms. The zero-order chi connectivity index (χ0) is 64.7. The van der Waals surface area contributed by atoms with Gasteiger partial charge in [-0.3, -0.25) is 9.59 Å². The molecule has 0 aliphatic rings. The SMILES string of the molecule is CCCCCCCCCC/C=C\CCCCCCCCCCCCCCCCCCCCCC(=O)OC(COC(=O)CCCCCCCCCCCCCCCCCCCCCCCCCCCCCCCCCCC)COC(OCC[N+](C)(C)C)C(=O)[O-]. The standard InChI is InChI=1S/C80H155NO8/c1-6-8-10-12-14-16-18-20-22-24-26-28-30-32-34-36-38-39-41-42-44-46-48-50-52-54-56-58-60-62-64-66-68-70-77(82)87-74-76(75-88-80(79(84)85)86-73-72-81(3,4)5)89-78(83)71-69-67-65-63-61-59-57-55-53-51-49-47-45-43-40-37-35-33-31-29-27-25-23-21-19-17-15-13-11-9-7-2/h25,27,76,80H,6-24,26,28-75H2,1-5H3/b27-25-. The van der Waals surface area contributed by atoms with E-state index in [-0.39, 0.29) is 32.2 Å². The van der Waals surface area contributed by atoms with Crippen molar-refractivity contribution in [2.75, 3.05) is 47.5 Å². The van der Waals surface area contributed by atoms with E-state index in [1.807, 2.05) is 21.1 Å². The monoisotopic (exact) mass is 1260 g/mol. The lowest BCUT2D eigenvalue weighted by atomic mass is 10.0. The summed E-state index contributed by atoms with van der Waals surface area (Å²) in [6, 6.07) is 0. The van der Waals surface area contributed by atoms with Crippen LogP contribution in [-0.4, -0.2) is 82.3 Å². The maximum absolute atomic E-state index is 13.0. The first-order valence-corrected chi connectivity index (χ1v) is 39.8. The molecule has 0 radical (unpaired) electrons. The summed E-state index contributed by atoms with van der Waals surface area (Å²) in [6.45, 7) is 4.85. The lowest BCUT2D eigenvalue weighted by Crippen LogP contribution is -2.44. The molecule has 9 heteroatoms. The van der Waals surface area contributed by atoms with E-state index in [0.29, 0.717) is 17.4 Å². The maximum atomic E-state index is 13.0. The second kappa shape index (κ2) is 71.9. The molecule has 0 aromatic rings. The predicted octanol–water partition coefficient (Wildman–Crippen LogP) is 23.8. The van der Waals surface area contributed by atoms with E-state index in [1.54, 1.807) is 0 Å². The van der Waals surface area contributed by atoms with Gasteiger partial charge in [0, 0.05) is 12.8 Å². The highest BCUT2D eigenvalue weighted by Gasteiger charge is 2.22. The van der Waals surface area contributed by atoms with E-state index in [2.05, 4.69) is 26.0 Å². The number of hydrogen-bond donors (Lipinski definition) is 0. The highest BCUT2D eigenvalue weighted by Crippen LogP contribution is 2.20. The second-order valence-corrected chi connectivity index (χ2v) is 28.7. The smallest absolute Gasteiger partial charge is 0.306 e. The molecule has 0 aromatic carbocycles. The van der Waals surface area contributed by atoms with Gasteiger partial charge in [0.25, 0.3) is 0 Å². The second-order valence-electron chi connectivity index (χ2n) is 28.7. The van der Waals surface area contributed by atoms with Crippen LogP contribution in [0.4, 0.5) is 0 Å². The molecule has 0 N–H and O–H groups in total. The van der Waals surface area contributed by atoms with Crippen molar-refractivity contribution in [1.29, 1.82) is 0 Å². The molecular formula is C80H155NO8. The summed E-state index contributed by atoms with van der Waals surface area (Å²) in [4.78, 5) is 37.6. The number of carbonyl (C=O) groups is 3. The summed E-state index contributed by atoms with van der Waals surface area (Å²) in [5.41, 5.74) is 0. The van der Waals surface area contributed by atoms with Crippen LogP contribution in [-0.2, 0) is 33.3 Å². The van der Waals surface area contributed by atoms with Crippen LogP contribution in [0, 0.1) is 0 Å². The van der Waals surface area contributed by atoms with Crippen molar-refractivity contribution in [3.8, 4) is 0 Å². The Morgan fingerprint density at radius 1 is 0.326 bits per heavy atom. The first-order chi connectivity index (χ1) is 43.6. The Labute approximate surface area is 555 Å². The van der Waals surface area contributed by atoms with Crippen molar-refractivity contribution >= 4 is 17.9 Å². The first-order valence-electron chi connectivity index (χ1n) is 39.8. The highest BCUT2D eigenvalue weighted by molar-refractivity contribution is 5.70. The van der Waals surface area contributed by atoms with Gasteiger partial charge in [-0.15, -0.1) is 0 Å². The van der Waals surface area contributed by atoms with Crippen LogP contribution in [0.2, 0.25) is 0 Å². The Balaban J connectivity index is 3.96. The Morgan fingerprint density at radius 2 is 0.573 bits per heavy atom. The molecule has 0 amide bonds. The van der Waals surface area contributed by atoms with Gasteiger partial charge < -0.3 is 33.3 Å². The van der Waals surface area contributed by atoms with Crippen LogP contribution in [0.15, 0.2) is 12.2 Å². The molecule has 0 rings (SSSR count). The number of unbranched alkanes of at least 4 members (excludes halogenated alkanes) is 59. The van der Waals surface area contributed by atoms with Crippen molar-refractivity contribution < 1.29 is 42.9 Å². The molecule has 0 aromatic heterocycles. The molecule has 0 aliphatic carbocycles. The minimum atomic E-state index is -1.62. The molecule has 2 atom stereocenters. The van der Waals surface area contributed by atoms with Crippen LogP contribution in [0.5, 0.6) is 0 Å². The van der Waals surface area contributed by atoms with Crippen LogP contribution in [0.25, 0.3) is 0 Å². The molecule has 0 spiro atoms. The summed E-state index contributed by atoms with van der Waals surface area (Å²) < 4.78 is 22.9. The number of carbonyl (C=O) groups excluding carboxylic acids is 3. The quantitative estimate of drug-likeness (QED) is 0.0195. The van der Waals surface area contributed by atoms with Gasteiger partial charge in [-0.2, -0.15) is 0 Å². The summed E-state index contributed by atoms with van der Waals surface area (Å²) >= 11 is 0. The fourth-order valence-corrected chi connectivity index (χ4v) is 12.4. The maximum Gasteiger partial charge on any atom is 0.306 e. The predicted molar refractivity (Wildman–Crippen MR) is 380 cm³/mol. The fraction of sp³-hybridized carbons (Fsp3) is 0.938. The molecule has 0 aliphatic heterocycles. The van der Waals surface area contributed by atoms with E-state index < -0.39 is 24.3 Å². The third-order valence-electron chi connectivity index (χ3n) is 18.5. The van der Waals surface area contributed by atoms with Crippen molar-refractivity contribution in [2.24, 2.45) is 0 Å². The Bertz CT molecular complexity index is 1460. The zero-order valence-corrected chi connectivity index (χ0v) is 60.6. The number of carboxylic acid groups (broad SMARTS) is 1. The highest BCUT2D eigenvalue weighted by atomic mass is 16.7. The van der Waals surface area contributed by atoms with Gasteiger partial charge in [0.05, 0.1) is 40.3 Å². The number of rotatable bonds is 76. The Hall–Kier alpha value is -1.97. The third-order valence-corrected chi connectivity index (χ3v) is 18.5. The number of hydrogen-bond acceptors (Lipinski definition) is 8. The van der Waals surface area contributed by atoms with Crippen molar-refractivity contribution in [3.63, 3.8) is 0 Å². The molecule has 0 saturated carbocycles. The van der Waals surface area contributed by atoms with E-state index in [4.69, 9.17) is 18.9 Å². The van der Waals surface area contributed by atoms with Gasteiger partial charge in [0.1, 0.15) is 13.2 Å². The molecule has 0 heterocycles. The Kier molecular flexibility index (Phi) is 70.3. The summed E-state index contributed by atoms with van der Waals surface area (Å²) in [5, 5.41) is 11.9. The van der Waals surface area contributed by atoms with Crippen LogP contribution >= 0.6 is 0 Å². The van der Waals surface area contributed by atoms with Gasteiger partial charge in [0.15, 0.2) is 12.4 Å². The van der Waals surface area contributed by atoms with Gasteiger partial charge in [-0.05, 0) is 38.5 Å². The molecule has 2 unspecified atom stereocenters. The molecule has 528 valence electrons.